The van der Waals surface area contributed by atoms with Gasteiger partial charge in [-0.1, -0.05) is 18.2 Å². The van der Waals surface area contributed by atoms with Crippen LogP contribution in [0.25, 0.3) is 0 Å². The van der Waals surface area contributed by atoms with Crippen LogP contribution in [0.5, 0.6) is 0 Å². The summed E-state index contributed by atoms with van der Waals surface area (Å²) in [7, 11) is 0. The standard InChI is InChI=1S/C13H16O4.CH3NO2/c1-13(12(16)17-8-9-4-5-9)6-2-3-10(7-13)11(14)15;2-1(3)4/h2-3,6,9H,4-5,7-8H2,1H3,(H,14,15);2H2,(H,3,4). The highest BCUT2D eigenvalue weighted by atomic mass is 16.5. The molecule has 7 nitrogen and oxygen atoms in total. The number of carboxylic acids is 1. The quantitative estimate of drug-likeness (QED) is 0.675. The number of nitrogens with two attached hydrogens (primary N) is 1. The van der Waals surface area contributed by atoms with Gasteiger partial charge in [-0.15, -0.1) is 0 Å². The Morgan fingerprint density at radius 3 is 2.43 bits per heavy atom. The maximum atomic E-state index is 11.9. The molecule has 0 saturated heterocycles. The maximum absolute atomic E-state index is 11.9. The SMILES string of the molecule is CC1(C(=O)OCC2CC2)C=CC=C(C(=O)O)C1.NC(=O)O. The number of carboxylic acid groups (broad SMARTS) is 2. The molecule has 1 unspecified atom stereocenters. The van der Waals surface area contributed by atoms with Gasteiger partial charge in [0.25, 0.3) is 0 Å². The van der Waals surface area contributed by atoms with Crippen molar-refractivity contribution in [2.75, 3.05) is 6.61 Å². The lowest BCUT2D eigenvalue weighted by Crippen LogP contribution is -2.31. The number of amides is 1. The van der Waals surface area contributed by atoms with Crippen molar-refractivity contribution in [2.24, 2.45) is 17.1 Å². The summed E-state index contributed by atoms with van der Waals surface area (Å²) < 4.78 is 5.23. The van der Waals surface area contributed by atoms with E-state index in [-0.39, 0.29) is 18.0 Å². The van der Waals surface area contributed by atoms with Crippen LogP contribution in [0.3, 0.4) is 0 Å². The number of hydrogen-bond donors (Lipinski definition) is 3. The van der Waals surface area contributed by atoms with Crippen molar-refractivity contribution in [3.05, 3.63) is 23.8 Å². The van der Waals surface area contributed by atoms with Gasteiger partial charge in [0.1, 0.15) is 0 Å². The van der Waals surface area contributed by atoms with E-state index in [0.717, 1.165) is 12.8 Å². The van der Waals surface area contributed by atoms with Gasteiger partial charge in [0, 0.05) is 5.57 Å². The summed E-state index contributed by atoms with van der Waals surface area (Å²) in [6, 6.07) is 0. The van der Waals surface area contributed by atoms with E-state index in [1.807, 2.05) is 0 Å². The largest absolute Gasteiger partial charge is 0.478 e. The van der Waals surface area contributed by atoms with E-state index >= 15 is 0 Å². The van der Waals surface area contributed by atoms with Gasteiger partial charge in [-0.05, 0) is 32.1 Å². The predicted octanol–water partition coefficient (Wildman–Crippen LogP) is 1.54. The molecule has 1 saturated carbocycles. The van der Waals surface area contributed by atoms with Crippen LogP contribution in [-0.2, 0) is 14.3 Å². The van der Waals surface area contributed by atoms with Crippen LogP contribution in [-0.4, -0.2) is 34.9 Å². The van der Waals surface area contributed by atoms with E-state index in [0.29, 0.717) is 12.5 Å². The van der Waals surface area contributed by atoms with Gasteiger partial charge in [0.15, 0.2) is 0 Å². The van der Waals surface area contributed by atoms with Crippen LogP contribution in [0.4, 0.5) is 4.79 Å². The van der Waals surface area contributed by atoms with Crippen LogP contribution in [0.15, 0.2) is 23.8 Å². The number of aliphatic carboxylic acids is 1. The Hall–Kier alpha value is -2.31. The molecule has 0 aromatic carbocycles. The molecular weight excluding hydrogens is 278 g/mol. The predicted molar refractivity (Wildman–Crippen MR) is 73.5 cm³/mol. The summed E-state index contributed by atoms with van der Waals surface area (Å²) in [6.45, 7) is 2.18. The molecular formula is C14H19NO6. The summed E-state index contributed by atoms with van der Waals surface area (Å²) in [5, 5.41) is 16.1. The zero-order chi connectivity index (χ0) is 16.0. The van der Waals surface area contributed by atoms with Crippen LogP contribution >= 0.6 is 0 Å². The molecule has 2 aliphatic rings. The summed E-state index contributed by atoms with van der Waals surface area (Å²) in [6.07, 6.45) is 5.97. The fourth-order valence-corrected chi connectivity index (χ4v) is 1.82. The lowest BCUT2D eigenvalue weighted by Gasteiger charge is -2.26. The molecule has 0 radical (unpaired) electrons. The van der Waals surface area contributed by atoms with Crippen molar-refractivity contribution in [2.45, 2.75) is 26.2 Å². The fourth-order valence-electron chi connectivity index (χ4n) is 1.82. The highest BCUT2D eigenvalue weighted by Gasteiger charge is 2.37. The fraction of sp³-hybridized carbons (Fsp3) is 0.500. The van der Waals surface area contributed by atoms with Gasteiger partial charge in [-0.3, -0.25) is 4.79 Å². The minimum Gasteiger partial charge on any atom is -0.478 e. The van der Waals surface area contributed by atoms with E-state index in [2.05, 4.69) is 5.73 Å². The lowest BCUT2D eigenvalue weighted by atomic mass is 9.80. The van der Waals surface area contributed by atoms with E-state index in [1.165, 1.54) is 6.08 Å². The normalized spacial score (nSPS) is 23.4. The first-order valence-electron chi connectivity index (χ1n) is 6.52. The van der Waals surface area contributed by atoms with Crippen molar-refractivity contribution in [1.82, 2.24) is 0 Å². The van der Waals surface area contributed by atoms with Crippen LogP contribution < -0.4 is 5.73 Å². The Balaban J connectivity index is 0.000000491. The number of hydrogen-bond acceptors (Lipinski definition) is 4. The Morgan fingerprint density at radius 2 is 1.95 bits per heavy atom. The molecule has 0 spiro atoms. The molecule has 21 heavy (non-hydrogen) atoms. The van der Waals surface area contributed by atoms with Crippen LogP contribution in [0, 0.1) is 11.3 Å². The summed E-state index contributed by atoms with van der Waals surface area (Å²) in [4.78, 5) is 31.6. The van der Waals surface area contributed by atoms with Gasteiger partial charge < -0.3 is 20.7 Å². The molecule has 1 amide bonds. The topological polar surface area (TPSA) is 127 Å². The second-order valence-electron chi connectivity index (χ2n) is 5.33. The minimum absolute atomic E-state index is 0.197. The molecule has 4 N–H and O–H groups in total. The second kappa shape index (κ2) is 6.92. The van der Waals surface area contributed by atoms with Gasteiger partial charge in [-0.2, -0.15) is 0 Å². The van der Waals surface area contributed by atoms with E-state index in [9.17, 15) is 9.59 Å². The number of allylic oxidation sites excluding steroid dienone is 2. The zero-order valence-corrected chi connectivity index (χ0v) is 11.7. The van der Waals surface area contributed by atoms with Crippen molar-refractivity contribution in [3.8, 4) is 0 Å². The van der Waals surface area contributed by atoms with E-state index < -0.39 is 17.5 Å². The van der Waals surface area contributed by atoms with Crippen molar-refractivity contribution in [1.29, 1.82) is 0 Å². The molecule has 1 atom stereocenters. The summed E-state index contributed by atoms with van der Waals surface area (Å²) in [5.74, 6) is -0.785. The number of ether oxygens (including phenoxy) is 1. The monoisotopic (exact) mass is 297 g/mol. The Kier molecular flexibility index (Phi) is 5.52. The molecule has 2 rings (SSSR count). The van der Waals surface area contributed by atoms with Gasteiger partial charge >= 0.3 is 18.0 Å². The number of rotatable bonds is 4. The van der Waals surface area contributed by atoms with Gasteiger partial charge in [0.05, 0.1) is 12.0 Å². The number of esters is 1. The lowest BCUT2D eigenvalue weighted by molar-refractivity contribution is -0.152. The summed E-state index contributed by atoms with van der Waals surface area (Å²) >= 11 is 0. The number of carbonyl (C=O) groups is 3. The smallest absolute Gasteiger partial charge is 0.402 e. The molecule has 7 heteroatoms. The molecule has 116 valence electrons. The van der Waals surface area contributed by atoms with Crippen molar-refractivity contribution < 1.29 is 29.3 Å². The van der Waals surface area contributed by atoms with E-state index in [1.54, 1.807) is 19.1 Å². The Bertz CT molecular complexity index is 488. The number of primary amides is 1. The van der Waals surface area contributed by atoms with Gasteiger partial charge in [0.2, 0.25) is 0 Å². The molecule has 0 aromatic rings. The molecule has 1 fully saturated rings. The van der Waals surface area contributed by atoms with E-state index in [4.69, 9.17) is 19.7 Å². The van der Waals surface area contributed by atoms with Crippen LogP contribution in [0.1, 0.15) is 26.2 Å². The molecule has 0 heterocycles. The molecule has 0 bridgehead atoms. The molecule has 0 aliphatic heterocycles. The molecule has 0 aromatic heterocycles. The zero-order valence-electron chi connectivity index (χ0n) is 11.7. The highest BCUT2D eigenvalue weighted by molar-refractivity contribution is 5.90. The average Bonchev–Trinajstić information content (AvgIpc) is 3.19. The third-order valence-corrected chi connectivity index (χ3v) is 3.21. The van der Waals surface area contributed by atoms with Crippen molar-refractivity contribution in [3.63, 3.8) is 0 Å². The maximum Gasteiger partial charge on any atom is 0.402 e. The average molecular weight is 297 g/mol. The highest BCUT2D eigenvalue weighted by Crippen LogP contribution is 2.34. The van der Waals surface area contributed by atoms with Gasteiger partial charge in [-0.25, -0.2) is 9.59 Å². The Morgan fingerprint density at radius 1 is 1.38 bits per heavy atom. The second-order valence-corrected chi connectivity index (χ2v) is 5.33. The third kappa shape index (κ3) is 5.68. The third-order valence-electron chi connectivity index (χ3n) is 3.21. The Labute approximate surface area is 122 Å². The van der Waals surface area contributed by atoms with Crippen molar-refractivity contribution >= 4 is 18.0 Å². The first-order valence-corrected chi connectivity index (χ1v) is 6.52. The first-order chi connectivity index (χ1) is 9.74. The van der Waals surface area contributed by atoms with Crippen LogP contribution in [0.2, 0.25) is 0 Å². The molecule has 2 aliphatic carbocycles. The first kappa shape index (κ1) is 16.7. The summed E-state index contributed by atoms with van der Waals surface area (Å²) in [5.41, 5.74) is 3.44. The minimum atomic E-state index is -1.33. The number of carbonyl (C=O) groups excluding carboxylic acids is 1.